The molecule has 1 aromatic carbocycles. The number of halogens is 1. The molecule has 0 heterocycles. The predicted molar refractivity (Wildman–Crippen MR) is 73.7 cm³/mol. The minimum atomic E-state index is -0.603. The Balaban J connectivity index is 3.57. The molecule has 0 spiro atoms. The summed E-state index contributed by atoms with van der Waals surface area (Å²) in [5.74, 6) is 1.14. The number of aliphatic hydroxyl groups is 1. The van der Waals surface area contributed by atoms with Crippen LogP contribution in [0, 0.1) is 20.8 Å². The Morgan fingerprint density at radius 2 is 1.81 bits per heavy atom. The van der Waals surface area contributed by atoms with E-state index in [0.29, 0.717) is 5.75 Å². The summed E-state index contributed by atoms with van der Waals surface area (Å²) in [6.45, 7) is 6.00. The maximum absolute atomic E-state index is 9.98. The zero-order valence-corrected chi connectivity index (χ0v) is 12.4. The Morgan fingerprint density at radius 1 is 1.25 bits per heavy atom. The van der Waals surface area contributed by atoms with Crippen LogP contribution in [0.15, 0.2) is 4.47 Å². The summed E-state index contributed by atoms with van der Waals surface area (Å²) in [5.41, 5.74) is 4.04. The van der Waals surface area contributed by atoms with Crippen LogP contribution in [0.4, 0.5) is 0 Å². The lowest BCUT2D eigenvalue weighted by molar-refractivity contribution is 0.198. The van der Waals surface area contributed by atoms with Gasteiger partial charge in [-0.05, 0) is 37.5 Å². The van der Waals surface area contributed by atoms with E-state index in [4.69, 9.17) is 4.74 Å². The summed E-state index contributed by atoms with van der Waals surface area (Å²) in [5, 5.41) is 9.98. The zero-order valence-electron chi connectivity index (χ0n) is 9.97. The minimum absolute atomic E-state index is 0.381. The quantitative estimate of drug-likeness (QED) is 0.839. The summed E-state index contributed by atoms with van der Waals surface area (Å²) in [7, 11) is 1.63. The van der Waals surface area contributed by atoms with E-state index in [0.717, 1.165) is 32.5 Å². The van der Waals surface area contributed by atoms with Gasteiger partial charge in [0.2, 0.25) is 0 Å². The highest BCUT2D eigenvalue weighted by Crippen LogP contribution is 2.39. The molecule has 0 fully saturated rings. The fourth-order valence-corrected chi connectivity index (χ4v) is 2.56. The number of benzene rings is 1. The average Bonchev–Trinajstić information content (AvgIpc) is 2.29. The van der Waals surface area contributed by atoms with E-state index in [2.05, 4.69) is 28.6 Å². The van der Waals surface area contributed by atoms with Crippen molar-refractivity contribution in [3.63, 3.8) is 0 Å². The summed E-state index contributed by atoms with van der Waals surface area (Å²) in [6, 6.07) is 0. The third-order valence-electron chi connectivity index (χ3n) is 2.92. The van der Waals surface area contributed by atoms with Crippen LogP contribution in [-0.4, -0.2) is 18.0 Å². The Morgan fingerprint density at radius 3 is 2.25 bits per heavy atom. The minimum Gasteiger partial charge on any atom is -0.496 e. The first kappa shape index (κ1) is 13.9. The average molecular weight is 305 g/mol. The fourth-order valence-electron chi connectivity index (χ4n) is 1.86. The molecular weight excluding hydrogens is 288 g/mol. The van der Waals surface area contributed by atoms with Gasteiger partial charge in [-0.2, -0.15) is 12.6 Å². The lowest BCUT2D eigenvalue weighted by Gasteiger charge is -2.21. The van der Waals surface area contributed by atoms with Gasteiger partial charge in [0.1, 0.15) is 5.75 Å². The molecule has 1 N–H and O–H groups in total. The molecule has 1 unspecified atom stereocenters. The first-order chi connectivity index (χ1) is 7.45. The molecule has 0 aliphatic heterocycles. The molecule has 1 atom stereocenters. The standard InChI is InChI=1S/C12H17BrO2S/c1-6-7(2)12(15-4)10(9(14)5-16)8(3)11(6)13/h9,14,16H,5H2,1-4H3. The molecule has 16 heavy (non-hydrogen) atoms. The molecule has 1 aromatic rings. The molecule has 0 radical (unpaired) electrons. The van der Waals surface area contributed by atoms with Crippen LogP contribution in [-0.2, 0) is 0 Å². The Bertz CT molecular complexity index is 405. The fraction of sp³-hybridized carbons (Fsp3) is 0.500. The van der Waals surface area contributed by atoms with E-state index in [-0.39, 0.29) is 0 Å². The second-order valence-corrected chi connectivity index (χ2v) is 4.99. The topological polar surface area (TPSA) is 29.5 Å². The Hall–Kier alpha value is -0.190. The number of aliphatic hydroxyl groups excluding tert-OH is 1. The Kier molecular flexibility index (Phi) is 4.71. The van der Waals surface area contributed by atoms with Gasteiger partial charge in [-0.3, -0.25) is 0 Å². The van der Waals surface area contributed by atoms with Crippen LogP contribution in [0.1, 0.15) is 28.4 Å². The van der Waals surface area contributed by atoms with Crippen LogP contribution >= 0.6 is 28.6 Å². The first-order valence-corrected chi connectivity index (χ1v) is 6.50. The number of methoxy groups -OCH3 is 1. The third kappa shape index (κ3) is 2.24. The van der Waals surface area contributed by atoms with Crippen LogP contribution in [0.5, 0.6) is 5.75 Å². The van der Waals surface area contributed by atoms with Gasteiger partial charge in [-0.15, -0.1) is 0 Å². The van der Waals surface area contributed by atoms with Gasteiger partial charge in [0.15, 0.2) is 0 Å². The largest absolute Gasteiger partial charge is 0.496 e. The maximum atomic E-state index is 9.98. The van der Waals surface area contributed by atoms with Crippen molar-refractivity contribution in [3.8, 4) is 5.75 Å². The molecule has 1 rings (SSSR count). The van der Waals surface area contributed by atoms with Crippen molar-refractivity contribution in [2.45, 2.75) is 26.9 Å². The summed E-state index contributed by atoms with van der Waals surface area (Å²) >= 11 is 7.68. The van der Waals surface area contributed by atoms with E-state index in [1.54, 1.807) is 7.11 Å². The maximum Gasteiger partial charge on any atom is 0.128 e. The van der Waals surface area contributed by atoms with Gasteiger partial charge in [0.25, 0.3) is 0 Å². The van der Waals surface area contributed by atoms with E-state index in [1.807, 2.05) is 20.8 Å². The number of thiol groups is 1. The molecule has 0 amide bonds. The highest BCUT2D eigenvalue weighted by atomic mass is 79.9. The molecular formula is C12H17BrO2S. The van der Waals surface area contributed by atoms with E-state index < -0.39 is 6.10 Å². The Labute approximate surface area is 111 Å². The molecule has 0 aliphatic rings. The van der Waals surface area contributed by atoms with Gasteiger partial charge >= 0.3 is 0 Å². The number of hydrogen-bond acceptors (Lipinski definition) is 3. The third-order valence-corrected chi connectivity index (χ3v) is 4.46. The van der Waals surface area contributed by atoms with Crippen LogP contribution in [0.2, 0.25) is 0 Å². The summed E-state index contributed by atoms with van der Waals surface area (Å²) in [4.78, 5) is 0. The monoisotopic (exact) mass is 304 g/mol. The second kappa shape index (κ2) is 5.43. The predicted octanol–water partition coefficient (Wildman–Crippen LogP) is 3.35. The van der Waals surface area contributed by atoms with Gasteiger partial charge < -0.3 is 9.84 Å². The smallest absolute Gasteiger partial charge is 0.128 e. The van der Waals surface area contributed by atoms with Crippen molar-refractivity contribution in [1.82, 2.24) is 0 Å². The van der Waals surface area contributed by atoms with Crippen molar-refractivity contribution in [2.75, 3.05) is 12.9 Å². The highest BCUT2D eigenvalue weighted by molar-refractivity contribution is 9.10. The highest BCUT2D eigenvalue weighted by Gasteiger charge is 2.21. The SMILES string of the molecule is COc1c(C)c(C)c(Br)c(C)c1C(O)CS. The van der Waals surface area contributed by atoms with E-state index in [1.165, 1.54) is 0 Å². The lowest BCUT2D eigenvalue weighted by Crippen LogP contribution is -2.08. The molecule has 2 nitrogen and oxygen atoms in total. The van der Waals surface area contributed by atoms with Crippen molar-refractivity contribution < 1.29 is 9.84 Å². The molecule has 4 heteroatoms. The van der Waals surface area contributed by atoms with Gasteiger partial charge in [0, 0.05) is 15.8 Å². The van der Waals surface area contributed by atoms with Crippen LogP contribution in [0.25, 0.3) is 0 Å². The molecule has 0 saturated heterocycles. The van der Waals surface area contributed by atoms with Crippen LogP contribution in [0.3, 0.4) is 0 Å². The molecule has 0 aliphatic carbocycles. The van der Waals surface area contributed by atoms with Crippen molar-refractivity contribution in [1.29, 1.82) is 0 Å². The zero-order chi connectivity index (χ0) is 12.5. The van der Waals surface area contributed by atoms with E-state index >= 15 is 0 Å². The summed E-state index contributed by atoms with van der Waals surface area (Å²) in [6.07, 6.45) is -0.603. The summed E-state index contributed by atoms with van der Waals surface area (Å²) < 4.78 is 6.43. The van der Waals surface area contributed by atoms with Gasteiger partial charge in [-0.25, -0.2) is 0 Å². The molecule has 90 valence electrons. The van der Waals surface area contributed by atoms with Crippen molar-refractivity contribution in [3.05, 3.63) is 26.7 Å². The van der Waals surface area contributed by atoms with Crippen molar-refractivity contribution in [2.24, 2.45) is 0 Å². The molecule has 0 aromatic heterocycles. The van der Waals surface area contributed by atoms with Gasteiger partial charge in [0.05, 0.1) is 13.2 Å². The van der Waals surface area contributed by atoms with Gasteiger partial charge in [-0.1, -0.05) is 15.9 Å². The number of rotatable bonds is 3. The number of ether oxygens (including phenoxy) is 1. The first-order valence-electron chi connectivity index (χ1n) is 5.07. The molecule has 0 bridgehead atoms. The second-order valence-electron chi connectivity index (χ2n) is 3.83. The molecule has 0 saturated carbocycles. The van der Waals surface area contributed by atoms with Crippen molar-refractivity contribution >= 4 is 28.6 Å². The van der Waals surface area contributed by atoms with E-state index in [9.17, 15) is 5.11 Å². The number of hydrogen-bond donors (Lipinski definition) is 2. The normalized spacial score (nSPS) is 12.7. The van der Waals surface area contributed by atoms with Crippen LogP contribution < -0.4 is 4.74 Å². The lowest BCUT2D eigenvalue weighted by atomic mass is 9.96.